The molecule has 0 aromatic heterocycles. The number of hydrogen-bond donors (Lipinski definition) is 0. The fourth-order valence-electron chi connectivity index (χ4n) is 6.31. The summed E-state index contributed by atoms with van der Waals surface area (Å²) in [5, 5.41) is 0. The van der Waals surface area contributed by atoms with E-state index in [1.807, 2.05) is 0 Å². The zero-order valence-corrected chi connectivity index (χ0v) is 23.1. The van der Waals surface area contributed by atoms with Crippen molar-refractivity contribution in [3.05, 3.63) is 47.5 Å². The van der Waals surface area contributed by atoms with E-state index in [4.69, 9.17) is 9.47 Å². The summed E-state index contributed by atoms with van der Waals surface area (Å²) in [6.07, 6.45) is 6.54. The normalized spacial score (nSPS) is 23.7. The van der Waals surface area contributed by atoms with Crippen LogP contribution in [0.5, 0.6) is 11.5 Å². The Balaban J connectivity index is 1.31. The smallest absolute Gasteiger partial charge is 0.422 e. The van der Waals surface area contributed by atoms with Crippen molar-refractivity contribution in [3.63, 3.8) is 0 Å². The molecule has 0 spiro atoms. The van der Waals surface area contributed by atoms with Gasteiger partial charge in [0.2, 0.25) is 11.6 Å². The van der Waals surface area contributed by atoms with Crippen LogP contribution in [-0.4, -0.2) is 25.4 Å². The Kier molecular flexibility index (Phi) is 10.3. The van der Waals surface area contributed by atoms with Crippen molar-refractivity contribution in [2.24, 2.45) is 17.8 Å². The first-order valence-corrected chi connectivity index (χ1v) is 14.4. The molecule has 0 unspecified atom stereocenters. The Bertz CT molecular complexity index is 1120. The Labute approximate surface area is 232 Å². The van der Waals surface area contributed by atoms with Gasteiger partial charge in [-0.1, -0.05) is 32.6 Å². The van der Waals surface area contributed by atoms with Gasteiger partial charge in [-0.3, -0.25) is 0 Å². The second-order valence-electron chi connectivity index (χ2n) is 11.1. The summed E-state index contributed by atoms with van der Waals surface area (Å²) < 4.78 is 102. The molecule has 40 heavy (non-hydrogen) atoms. The van der Waals surface area contributed by atoms with E-state index < -0.39 is 52.9 Å². The van der Waals surface area contributed by atoms with Crippen molar-refractivity contribution in [3.8, 4) is 22.6 Å². The third kappa shape index (κ3) is 7.25. The highest BCUT2D eigenvalue weighted by atomic mass is 19.3. The average molecular weight is 573 g/mol. The molecule has 2 aromatic rings. The van der Waals surface area contributed by atoms with Gasteiger partial charge < -0.3 is 14.2 Å². The first kappa shape index (κ1) is 30.5. The molecule has 2 fully saturated rings. The van der Waals surface area contributed by atoms with Gasteiger partial charge in [0.05, 0.1) is 12.7 Å². The van der Waals surface area contributed by atoms with Crippen LogP contribution in [0.15, 0.2) is 24.3 Å². The van der Waals surface area contributed by atoms with Gasteiger partial charge >= 0.3 is 6.11 Å². The average Bonchev–Trinajstić information content (AvgIpc) is 2.94. The van der Waals surface area contributed by atoms with E-state index in [1.165, 1.54) is 38.5 Å². The monoisotopic (exact) mass is 572 g/mol. The Morgan fingerprint density at radius 3 is 1.77 bits per heavy atom. The summed E-state index contributed by atoms with van der Waals surface area (Å²) in [4.78, 5) is 0. The summed E-state index contributed by atoms with van der Waals surface area (Å²) in [6, 6.07) is 3.72. The maximum Gasteiger partial charge on any atom is 0.422 e. The third-order valence-corrected chi connectivity index (χ3v) is 8.40. The number of rotatable bonds is 11. The van der Waals surface area contributed by atoms with Gasteiger partial charge in [-0.15, -0.1) is 0 Å². The minimum atomic E-state index is -3.92. The Morgan fingerprint density at radius 1 is 0.700 bits per heavy atom. The van der Waals surface area contributed by atoms with Crippen LogP contribution < -0.4 is 9.47 Å². The molecule has 3 nitrogen and oxygen atoms in total. The van der Waals surface area contributed by atoms with Crippen LogP contribution in [0.3, 0.4) is 0 Å². The lowest BCUT2D eigenvalue weighted by atomic mass is 9.70. The zero-order chi connectivity index (χ0) is 28.9. The van der Waals surface area contributed by atoms with Crippen LogP contribution in [-0.2, 0) is 4.74 Å². The summed E-state index contributed by atoms with van der Waals surface area (Å²) in [6.45, 7) is 2.77. The van der Waals surface area contributed by atoms with Crippen LogP contribution >= 0.6 is 0 Å². The van der Waals surface area contributed by atoms with Crippen molar-refractivity contribution in [2.75, 3.05) is 13.2 Å². The molecule has 0 amide bonds. The Hall–Kier alpha value is -2.42. The molecule has 0 aliphatic heterocycles. The van der Waals surface area contributed by atoms with E-state index in [-0.39, 0.29) is 18.5 Å². The lowest BCUT2D eigenvalue weighted by Crippen LogP contribution is -2.35. The van der Waals surface area contributed by atoms with Crippen molar-refractivity contribution >= 4 is 0 Å². The Morgan fingerprint density at radius 2 is 1.23 bits per heavy atom. The molecule has 0 saturated heterocycles. The van der Waals surface area contributed by atoms with Gasteiger partial charge in [-0.2, -0.15) is 17.6 Å². The summed E-state index contributed by atoms with van der Waals surface area (Å²) in [5.41, 5.74) is -1.22. The first-order valence-electron chi connectivity index (χ1n) is 14.4. The lowest BCUT2D eigenvalue weighted by molar-refractivity contribution is -0.223. The highest BCUT2D eigenvalue weighted by Gasteiger charge is 2.37. The topological polar surface area (TPSA) is 27.7 Å². The maximum atomic E-state index is 14.8. The molecule has 2 saturated carbocycles. The molecule has 9 heteroatoms. The third-order valence-electron chi connectivity index (χ3n) is 8.40. The molecule has 0 radical (unpaired) electrons. The standard InChI is InChI=1S/C31H38F6O3/c1-3-5-19-6-8-20(9-7-19)21-10-12-22(13-11-21)39-18-31(36,37)40-26-17-15-24(28(33)30(26)35)23-14-16-25(38-4-2)29(34)27(23)32/h14-17,19-22H,3-13,18H2,1-2H3. The maximum absolute atomic E-state index is 14.8. The van der Waals surface area contributed by atoms with Gasteiger partial charge in [-0.05, 0) is 87.5 Å². The highest BCUT2D eigenvalue weighted by molar-refractivity contribution is 5.67. The second kappa shape index (κ2) is 13.5. The number of benzene rings is 2. The van der Waals surface area contributed by atoms with E-state index in [2.05, 4.69) is 11.7 Å². The molecular formula is C31H38F6O3. The number of alkyl halides is 2. The lowest BCUT2D eigenvalue weighted by Gasteiger charge is -2.38. The van der Waals surface area contributed by atoms with E-state index in [0.717, 1.165) is 43.0 Å². The molecule has 0 bridgehead atoms. The van der Waals surface area contributed by atoms with Gasteiger partial charge in [0, 0.05) is 11.1 Å². The van der Waals surface area contributed by atoms with Crippen LogP contribution in [0.4, 0.5) is 26.3 Å². The molecular weight excluding hydrogens is 534 g/mol. The zero-order valence-electron chi connectivity index (χ0n) is 23.1. The quantitative estimate of drug-likeness (QED) is 0.251. The predicted octanol–water partition coefficient (Wildman–Crippen LogP) is 9.46. The molecule has 222 valence electrons. The van der Waals surface area contributed by atoms with Crippen LogP contribution in [0.25, 0.3) is 11.1 Å². The molecule has 2 aliphatic carbocycles. The summed E-state index contributed by atoms with van der Waals surface area (Å²) in [7, 11) is 0. The van der Waals surface area contributed by atoms with Crippen molar-refractivity contribution in [2.45, 2.75) is 90.3 Å². The van der Waals surface area contributed by atoms with E-state index >= 15 is 0 Å². The molecule has 4 rings (SSSR count). The van der Waals surface area contributed by atoms with Gasteiger partial charge in [0.25, 0.3) is 0 Å². The largest absolute Gasteiger partial charge is 0.491 e. The SMILES string of the molecule is CCCC1CCC(C2CCC(OCC(F)(F)Oc3ccc(-c4ccc(OCC)c(F)c4F)c(F)c3F)CC2)CC1. The van der Waals surface area contributed by atoms with Gasteiger partial charge in [-0.25, -0.2) is 8.78 Å². The molecule has 2 aliphatic rings. The molecule has 0 N–H and O–H groups in total. The molecule has 0 heterocycles. The van der Waals surface area contributed by atoms with E-state index in [1.54, 1.807) is 6.92 Å². The van der Waals surface area contributed by atoms with Crippen molar-refractivity contribution in [1.82, 2.24) is 0 Å². The van der Waals surface area contributed by atoms with Crippen LogP contribution in [0.1, 0.15) is 78.1 Å². The van der Waals surface area contributed by atoms with E-state index in [9.17, 15) is 26.3 Å². The summed E-state index contributed by atoms with van der Waals surface area (Å²) >= 11 is 0. The minimum absolute atomic E-state index is 0.0733. The predicted molar refractivity (Wildman–Crippen MR) is 141 cm³/mol. The second-order valence-corrected chi connectivity index (χ2v) is 11.1. The minimum Gasteiger partial charge on any atom is -0.491 e. The van der Waals surface area contributed by atoms with Crippen molar-refractivity contribution < 1.29 is 40.6 Å². The van der Waals surface area contributed by atoms with Crippen LogP contribution in [0, 0.1) is 41.0 Å². The van der Waals surface area contributed by atoms with Gasteiger partial charge in [0.1, 0.15) is 0 Å². The number of halogens is 6. The van der Waals surface area contributed by atoms with Crippen molar-refractivity contribution in [1.29, 1.82) is 0 Å². The molecule has 2 aromatic carbocycles. The fraction of sp³-hybridized carbons (Fsp3) is 0.613. The fourth-order valence-corrected chi connectivity index (χ4v) is 6.31. The summed E-state index contributed by atoms with van der Waals surface area (Å²) in [5.74, 6) is -5.48. The van der Waals surface area contributed by atoms with Gasteiger partial charge in [0.15, 0.2) is 29.7 Å². The molecule has 0 atom stereocenters. The number of hydrogen-bond acceptors (Lipinski definition) is 3. The number of ether oxygens (including phenoxy) is 3. The highest BCUT2D eigenvalue weighted by Crippen LogP contribution is 2.42. The van der Waals surface area contributed by atoms with E-state index in [0.29, 0.717) is 24.7 Å². The van der Waals surface area contributed by atoms with Crippen LogP contribution in [0.2, 0.25) is 0 Å². The first-order chi connectivity index (χ1) is 19.1.